The van der Waals surface area contributed by atoms with Gasteiger partial charge in [-0.2, -0.15) is 0 Å². The van der Waals surface area contributed by atoms with Gasteiger partial charge in [-0.15, -0.1) is 0 Å². The lowest BCUT2D eigenvalue weighted by molar-refractivity contribution is -0.153. The monoisotopic (exact) mass is 442 g/mol. The molecule has 0 bridgehead atoms. The van der Waals surface area contributed by atoms with E-state index < -0.39 is 0 Å². The van der Waals surface area contributed by atoms with Crippen molar-refractivity contribution in [2.24, 2.45) is 5.92 Å². The molecule has 180 valence electrons. The summed E-state index contributed by atoms with van der Waals surface area (Å²) in [6, 6.07) is 0. The predicted molar refractivity (Wildman–Crippen MR) is 117 cm³/mol. The number of esters is 2. The first-order chi connectivity index (χ1) is 15.2. The maximum Gasteiger partial charge on any atom is 0.317 e. The number of rotatable bonds is 18. The van der Waals surface area contributed by atoms with Gasteiger partial charge in [0.15, 0.2) is 0 Å². The van der Waals surface area contributed by atoms with E-state index in [1.807, 2.05) is 0 Å². The van der Waals surface area contributed by atoms with Crippen molar-refractivity contribution < 1.29 is 33.3 Å². The van der Waals surface area contributed by atoms with Crippen molar-refractivity contribution in [3.63, 3.8) is 0 Å². The van der Waals surface area contributed by atoms with Crippen molar-refractivity contribution in [1.29, 1.82) is 0 Å². The molecule has 7 nitrogen and oxygen atoms in total. The van der Waals surface area contributed by atoms with Gasteiger partial charge in [-0.1, -0.05) is 71.1 Å². The molecule has 0 amide bonds. The lowest BCUT2D eigenvalue weighted by Crippen LogP contribution is -2.10. The number of ether oxygens (including phenoxy) is 5. The fraction of sp³-hybridized carbons (Fsp3) is 0.917. The van der Waals surface area contributed by atoms with Gasteiger partial charge in [0.05, 0.1) is 52.0 Å². The molecule has 7 heteroatoms. The van der Waals surface area contributed by atoms with Gasteiger partial charge in [0.2, 0.25) is 0 Å². The van der Waals surface area contributed by atoms with Crippen molar-refractivity contribution in [1.82, 2.24) is 0 Å². The molecule has 3 saturated heterocycles. The smallest absolute Gasteiger partial charge is 0.317 e. The average Bonchev–Trinajstić information content (AvgIpc) is 3.67. The van der Waals surface area contributed by atoms with E-state index in [2.05, 4.69) is 11.7 Å². The molecule has 0 radical (unpaired) electrons. The fourth-order valence-corrected chi connectivity index (χ4v) is 3.50. The van der Waals surface area contributed by atoms with Gasteiger partial charge < -0.3 is 23.7 Å². The molecule has 3 fully saturated rings. The highest BCUT2D eigenvalue weighted by Crippen LogP contribution is 2.22. The highest BCUT2D eigenvalue weighted by molar-refractivity contribution is 5.94. The van der Waals surface area contributed by atoms with E-state index in [4.69, 9.17) is 18.9 Å². The second-order valence-electron chi connectivity index (χ2n) is 8.73. The van der Waals surface area contributed by atoms with Gasteiger partial charge in [0, 0.05) is 0 Å². The zero-order chi connectivity index (χ0) is 22.2. The maximum atomic E-state index is 11.2. The maximum absolute atomic E-state index is 11.2. The van der Waals surface area contributed by atoms with Crippen LogP contribution in [0.1, 0.15) is 84.0 Å². The summed E-state index contributed by atoms with van der Waals surface area (Å²) in [5.74, 6) is -0.801. The molecule has 3 unspecified atom stereocenters. The highest BCUT2D eigenvalue weighted by atomic mass is 16.6. The second kappa shape index (κ2) is 16.6. The number of epoxide rings is 2. The van der Waals surface area contributed by atoms with Crippen LogP contribution < -0.4 is 0 Å². The number of cyclic esters (lactones) is 2. The summed E-state index contributed by atoms with van der Waals surface area (Å²) in [5, 5.41) is 0. The Hall–Kier alpha value is -1.02. The molecule has 0 aromatic carbocycles. The van der Waals surface area contributed by atoms with Crippen molar-refractivity contribution >= 4 is 11.9 Å². The Labute approximate surface area is 187 Å². The molecule has 0 saturated carbocycles. The Bertz CT molecular complexity index is 472. The van der Waals surface area contributed by atoms with Crippen LogP contribution in [0.2, 0.25) is 0 Å². The number of hydrogen-bond acceptors (Lipinski definition) is 7. The standard InChI is InChI=1S/C16H28O3.C8H14O4/c1-2-3-4-5-6-7-8-9-10-11-12-14-13-15(17)19-16(14)18;1(9-3-7-5-11-7)2-10-4-8-6-12-8/h14H,2-13H2,1H3;7-8H,1-6H2. The molecule has 3 aliphatic heterocycles. The van der Waals surface area contributed by atoms with E-state index in [-0.39, 0.29) is 17.9 Å². The fourth-order valence-electron chi connectivity index (χ4n) is 3.50. The van der Waals surface area contributed by atoms with Crippen molar-refractivity contribution in [3.8, 4) is 0 Å². The van der Waals surface area contributed by atoms with Gasteiger partial charge in [-0.3, -0.25) is 9.59 Å². The van der Waals surface area contributed by atoms with Crippen molar-refractivity contribution in [2.75, 3.05) is 39.6 Å². The van der Waals surface area contributed by atoms with E-state index >= 15 is 0 Å². The van der Waals surface area contributed by atoms with Gasteiger partial charge >= 0.3 is 11.9 Å². The zero-order valence-electron chi connectivity index (χ0n) is 19.3. The van der Waals surface area contributed by atoms with E-state index in [9.17, 15) is 9.59 Å². The number of unbranched alkanes of at least 4 members (excludes halogenated alkanes) is 9. The van der Waals surface area contributed by atoms with Crippen LogP contribution in [-0.4, -0.2) is 63.8 Å². The first kappa shape index (κ1) is 26.2. The molecule has 3 heterocycles. The van der Waals surface area contributed by atoms with Gasteiger partial charge in [-0.05, 0) is 6.42 Å². The predicted octanol–water partition coefficient (Wildman–Crippen LogP) is 4.20. The Balaban J connectivity index is 0.000000242. The third kappa shape index (κ3) is 14.6. The lowest BCUT2D eigenvalue weighted by atomic mass is 9.99. The van der Waals surface area contributed by atoms with Crippen LogP contribution in [0.4, 0.5) is 0 Å². The zero-order valence-corrected chi connectivity index (χ0v) is 19.3. The molecular weight excluding hydrogens is 400 g/mol. The third-order valence-electron chi connectivity index (χ3n) is 5.65. The second-order valence-corrected chi connectivity index (χ2v) is 8.73. The largest absolute Gasteiger partial charge is 0.393 e. The topological polar surface area (TPSA) is 86.9 Å². The van der Waals surface area contributed by atoms with Crippen molar-refractivity contribution in [2.45, 2.75) is 96.2 Å². The SMILES string of the molecule is C(COCC1CO1)OCC1CO1.CCCCCCCCCCCCC1CC(=O)OC1=O. The van der Waals surface area contributed by atoms with Crippen LogP contribution in [0, 0.1) is 5.92 Å². The molecule has 0 aromatic rings. The molecule has 0 spiro atoms. The average molecular weight is 443 g/mol. The molecule has 0 N–H and O–H groups in total. The van der Waals surface area contributed by atoms with Gasteiger partial charge in [-0.25, -0.2) is 0 Å². The van der Waals surface area contributed by atoms with Crippen LogP contribution in [0.15, 0.2) is 0 Å². The summed E-state index contributed by atoms with van der Waals surface area (Å²) in [6.07, 6.45) is 14.8. The van der Waals surface area contributed by atoms with E-state index in [1.54, 1.807) is 0 Å². The Kier molecular flexibility index (Phi) is 14.0. The summed E-state index contributed by atoms with van der Waals surface area (Å²) >= 11 is 0. The minimum Gasteiger partial charge on any atom is -0.393 e. The summed E-state index contributed by atoms with van der Waals surface area (Å²) in [6.45, 7) is 6.70. The van der Waals surface area contributed by atoms with Crippen LogP contribution >= 0.6 is 0 Å². The molecule has 0 aliphatic carbocycles. The minimum atomic E-state index is -0.345. The van der Waals surface area contributed by atoms with E-state index in [0.717, 1.165) is 26.1 Å². The van der Waals surface area contributed by atoms with Crippen LogP contribution in [0.25, 0.3) is 0 Å². The number of carbonyl (C=O) groups is 2. The summed E-state index contributed by atoms with van der Waals surface area (Å²) in [4.78, 5) is 22.1. The van der Waals surface area contributed by atoms with Crippen LogP contribution in [-0.2, 0) is 33.3 Å². The molecule has 3 rings (SSSR count). The van der Waals surface area contributed by atoms with Gasteiger partial charge in [0.25, 0.3) is 0 Å². The number of carbonyl (C=O) groups excluding carboxylic acids is 2. The molecular formula is C24H42O7. The van der Waals surface area contributed by atoms with Crippen molar-refractivity contribution in [3.05, 3.63) is 0 Å². The summed E-state index contributed by atoms with van der Waals surface area (Å²) in [5.41, 5.74) is 0. The Morgan fingerprint density at radius 1 is 0.774 bits per heavy atom. The van der Waals surface area contributed by atoms with Crippen LogP contribution in [0.3, 0.4) is 0 Å². The molecule has 31 heavy (non-hydrogen) atoms. The summed E-state index contributed by atoms with van der Waals surface area (Å²) < 4.78 is 25.0. The minimum absolute atomic E-state index is 0.151. The number of hydrogen-bond donors (Lipinski definition) is 0. The molecule has 3 atom stereocenters. The molecule has 3 aliphatic rings. The van der Waals surface area contributed by atoms with E-state index in [1.165, 1.54) is 57.8 Å². The quantitative estimate of drug-likeness (QED) is 0.136. The molecule has 0 aromatic heterocycles. The van der Waals surface area contributed by atoms with Crippen LogP contribution in [0.5, 0.6) is 0 Å². The third-order valence-corrected chi connectivity index (χ3v) is 5.65. The van der Waals surface area contributed by atoms with Gasteiger partial charge in [0.1, 0.15) is 12.2 Å². The Morgan fingerprint density at radius 3 is 1.68 bits per heavy atom. The highest BCUT2D eigenvalue weighted by Gasteiger charge is 2.32. The Morgan fingerprint density at radius 2 is 1.26 bits per heavy atom. The first-order valence-corrected chi connectivity index (χ1v) is 12.3. The lowest BCUT2D eigenvalue weighted by Gasteiger charge is -2.04. The van der Waals surface area contributed by atoms with E-state index in [0.29, 0.717) is 45.1 Å². The summed E-state index contributed by atoms with van der Waals surface area (Å²) in [7, 11) is 0. The normalized spacial score (nSPS) is 24.0. The first-order valence-electron chi connectivity index (χ1n) is 12.3.